The van der Waals surface area contributed by atoms with Crippen molar-refractivity contribution in [3.05, 3.63) is 0 Å². The zero-order valence-electron chi connectivity index (χ0n) is 6.55. The molecule has 0 amide bonds. The maximum Gasteiger partial charge on any atom is 0.469 e. The SMILES string of the molecule is O=C([C@H](O)COP(=O)(O)O)P(=O)(O)O. The van der Waals surface area contributed by atoms with Gasteiger partial charge in [0.2, 0.25) is 0 Å². The van der Waals surface area contributed by atoms with Gasteiger partial charge in [-0.3, -0.25) is 13.9 Å². The minimum Gasteiger partial charge on any atom is -0.382 e. The average Bonchev–Trinajstić information content (AvgIpc) is 1.95. The fraction of sp³-hybridized carbons (Fsp3) is 0.667. The van der Waals surface area contributed by atoms with E-state index >= 15 is 0 Å². The van der Waals surface area contributed by atoms with Crippen LogP contribution in [-0.2, 0) is 18.4 Å². The molecule has 1 atom stereocenters. The third-order valence-corrected chi connectivity index (χ3v) is 2.33. The molecule has 0 unspecified atom stereocenters. The standard InChI is InChI=1S/C3H8O9P2/c4-2(1-12-14(9,10)11)3(5)13(6,7)8/h2,4H,1H2,(H2,6,7,8)(H2,9,10,11)/t2-/m1/s1. The highest BCUT2D eigenvalue weighted by Gasteiger charge is 2.34. The van der Waals surface area contributed by atoms with Crippen molar-refractivity contribution in [3.8, 4) is 0 Å². The zero-order valence-corrected chi connectivity index (χ0v) is 8.34. The molecule has 0 aromatic heterocycles. The monoisotopic (exact) mass is 250 g/mol. The summed E-state index contributed by atoms with van der Waals surface area (Å²) in [6.45, 7) is -1.19. The van der Waals surface area contributed by atoms with E-state index in [9.17, 15) is 13.9 Å². The third-order valence-electron chi connectivity index (χ3n) is 0.973. The molecule has 9 nitrogen and oxygen atoms in total. The molecule has 0 saturated carbocycles. The van der Waals surface area contributed by atoms with Gasteiger partial charge in [0.15, 0.2) is 0 Å². The van der Waals surface area contributed by atoms with E-state index in [1.165, 1.54) is 0 Å². The first-order chi connectivity index (χ1) is 6.04. The Balaban J connectivity index is 4.25. The Morgan fingerprint density at radius 2 is 1.64 bits per heavy atom. The molecule has 0 aliphatic carbocycles. The quantitative estimate of drug-likeness (QED) is 0.353. The van der Waals surface area contributed by atoms with Crippen LogP contribution < -0.4 is 0 Å². The smallest absolute Gasteiger partial charge is 0.382 e. The molecule has 14 heavy (non-hydrogen) atoms. The minimum atomic E-state index is -5.12. The van der Waals surface area contributed by atoms with Crippen molar-refractivity contribution in [3.63, 3.8) is 0 Å². The molecule has 0 bridgehead atoms. The Hall–Kier alpha value is -0.110. The largest absolute Gasteiger partial charge is 0.469 e. The van der Waals surface area contributed by atoms with Crippen LogP contribution in [0, 0.1) is 0 Å². The van der Waals surface area contributed by atoms with Crippen LogP contribution in [0.2, 0.25) is 0 Å². The normalized spacial score (nSPS) is 15.2. The summed E-state index contributed by atoms with van der Waals surface area (Å²) in [5, 5.41) is 8.71. The maximum atomic E-state index is 10.5. The highest BCUT2D eigenvalue weighted by molar-refractivity contribution is 7.70. The average molecular weight is 250 g/mol. The van der Waals surface area contributed by atoms with Crippen LogP contribution in [0.15, 0.2) is 0 Å². The van der Waals surface area contributed by atoms with Gasteiger partial charge in [0.25, 0.3) is 5.52 Å². The number of hydrogen-bond acceptors (Lipinski definition) is 5. The van der Waals surface area contributed by atoms with Crippen LogP contribution in [0.25, 0.3) is 0 Å². The number of carbonyl (C=O) groups is 1. The molecular formula is C3H8O9P2. The second kappa shape index (κ2) is 4.61. The number of rotatable bonds is 5. The summed E-state index contributed by atoms with van der Waals surface area (Å²) < 4.78 is 24.0. The van der Waals surface area contributed by atoms with Crippen molar-refractivity contribution in [1.29, 1.82) is 0 Å². The fourth-order valence-electron chi connectivity index (χ4n) is 0.433. The van der Waals surface area contributed by atoms with E-state index in [0.717, 1.165) is 0 Å². The van der Waals surface area contributed by atoms with Gasteiger partial charge in [0, 0.05) is 0 Å². The number of carbonyl (C=O) groups excluding carboxylic acids is 1. The van der Waals surface area contributed by atoms with Gasteiger partial charge in [-0.15, -0.1) is 0 Å². The highest BCUT2D eigenvalue weighted by atomic mass is 31.2. The van der Waals surface area contributed by atoms with E-state index in [-0.39, 0.29) is 0 Å². The molecule has 0 radical (unpaired) electrons. The number of hydrogen-bond donors (Lipinski definition) is 5. The maximum absolute atomic E-state index is 10.5. The number of phosphoric acid groups is 1. The predicted octanol–water partition coefficient (Wildman–Crippen LogP) is -1.84. The first kappa shape index (κ1) is 13.9. The molecule has 0 aliphatic rings. The molecule has 0 heterocycles. The van der Waals surface area contributed by atoms with Gasteiger partial charge < -0.3 is 24.7 Å². The molecule has 0 spiro atoms. The van der Waals surface area contributed by atoms with Crippen LogP contribution in [0.3, 0.4) is 0 Å². The highest BCUT2D eigenvalue weighted by Crippen LogP contribution is 2.39. The molecule has 0 aromatic carbocycles. The lowest BCUT2D eigenvalue weighted by Crippen LogP contribution is -2.25. The van der Waals surface area contributed by atoms with Crippen molar-refractivity contribution in [2.24, 2.45) is 0 Å². The molecule has 84 valence electrons. The van der Waals surface area contributed by atoms with Gasteiger partial charge in [-0.05, 0) is 0 Å². The summed E-state index contributed by atoms with van der Waals surface area (Å²) in [5.74, 6) is 0. The lowest BCUT2D eigenvalue weighted by Gasteiger charge is -2.10. The Morgan fingerprint density at radius 1 is 1.21 bits per heavy atom. The van der Waals surface area contributed by atoms with Crippen molar-refractivity contribution < 1.29 is 43.1 Å². The molecule has 11 heteroatoms. The van der Waals surface area contributed by atoms with E-state index in [4.69, 9.17) is 24.7 Å². The minimum absolute atomic E-state index is 1.19. The third kappa shape index (κ3) is 5.58. The molecule has 0 saturated heterocycles. The molecule has 0 aliphatic heterocycles. The van der Waals surface area contributed by atoms with E-state index in [2.05, 4.69) is 4.52 Å². The molecule has 0 fully saturated rings. The van der Waals surface area contributed by atoms with Crippen molar-refractivity contribution in [1.82, 2.24) is 0 Å². The topological polar surface area (TPSA) is 162 Å². The van der Waals surface area contributed by atoms with E-state index in [1.54, 1.807) is 0 Å². The predicted molar refractivity (Wildman–Crippen MR) is 41.1 cm³/mol. The summed E-state index contributed by atoms with van der Waals surface area (Å²) in [4.78, 5) is 43.3. The van der Waals surface area contributed by atoms with Gasteiger partial charge in [-0.1, -0.05) is 0 Å². The van der Waals surface area contributed by atoms with Gasteiger partial charge in [-0.25, -0.2) is 4.57 Å². The summed E-state index contributed by atoms with van der Waals surface area (Å²) in [5.41, 5.74) is -1.86. The first-order valence-corrected chi connectivity index (χ1v) is 6.16. The Morgan fingerprint density at radius 3 is 1.93 bits per heavy atom. The second-order valence-corrected chi connectivity index (χ2v) is 4.95. The van der Waals surface area contributed by atoms with Crippen LogP contribution in [0.5, 0.6) is 0 Å². The van der Waals surface area contributed by atoms with Crippen LogP contribution >= 0.6 is 15.4 Å². The first-order valence-electron chi connectivity index (χ1n) is 3.02. The summed E-state index contributed by atoms with van der Waals surface area (Å²) in [6, 6.07) is 0. The van der Waals surface area contributed by atoms with Gasteiger partial charge >= 0.3 is 15.4 Å². The molecular weight excluding hydrogens is 242 g/mol. The Labute approximate surface area is 77.7 Å². The molecule has 0 aromatic rings. The number of aliphatic hydroxyl groups is 1. The lowest BCUT2D eigenvalue weighted by atomic mass is 10.4. The van der Waals surface area contributed by atoms with Crippen molar-refractivity contribution >= 4 is 20.9 Å². The van der Waals surface area contributed by atoms with E-state index < -0.39 is 33.7 Å². The van der Waals surface area contributed by atoms with Crippen LogP contribution in [0.1, 0.15) is 0 Å². The Bertz CT molecular complexity index is 297. The van der Waals surface area contributed by atoms with Gasteiger partial charge in [0.05, 0.1) is 6.61 Å². The lowest BCUT2D eigenvalue weighted by molar-refractivity contribution is -0.122. The van der Waals surface area contributed by atoms with E-state index in [1.807, 2.05) is 0 Å². The summed E-state index contributed by atoms with van der Waals surface area (Å²) in [6.07, 6.45) is -2.27. The molecule has 5 N–H and O–H groups in total. The van der Waals surface area contributed by atoms with E-state index in [0.29, 0.717) is 0 Å². The van der Waals surface area contributed by atoms with Crippen LogP contribution in [-0.4, -0.2) is 42.9 Å². The van der Waals surface area contributed by atoms with Gasteiger partial charge in [-0.2, -0.15) is 0 Å². The summed E-state index contributed by atoms with van der Waals surface area (Å²) >= 11 is 0. The van der Waals surface area contributed by atoms with Gasteiger partial charge in [0.1, 0.15) is 6.10 Å². The van der Waals surface area contributed by atoms with Crippen molar-refractivity contribution in [2.45, 2.75) is 6.10 Å². The fourth-order valence-corrected chi connectivity index (χ4v) is 1.23. The number of aliphatic hydroxyl groups excluding tert-OH is 1. The number of phosphoric ester groups is 1. The molecule has 0 rings (SSSR count). The van der Waals surface area contributed by atoms with Crippen LogP contribution in [0.4, 0.5) is 0 Å². The second-order valence-electron chi connectivity index (χ2n) is 2.18. The summed E-state index contributed by atoms with van der Waals surface area (Å²) in [7, 11) is -9.99. The van der Waals surface area contributed by atoms with Crippen molar-refractivity contribution in [2.75, 3.05) is 6.61 Å². The zero-order chi connectivity index (χ0) is 11.6. The Kier molecular flexibility index (Phi) is 4.57.